The quantitative estimate of drug-likeness (QED) is 0.190. The molecule has 6 rings (SSSR count). The SMILES string of the molecule is Cc1ccc(C(C)C)c(-n2c(C)csc2=NC(=O)NC2=C(c3ccc(-c4ncn(-c5ccc(OC(F)(F)F)cc5)n4)cc3)CCC2)c1. The maximum Gasteiger partial charge on any atom is 0.573 e. The van der Waals surface area contributed by atoms with Crippen LogP contribution in [0.2, 0.25) is 0 Å². The second kappa shape index (κ2) is 13.0. The molecule has 3 aromatic carbocycles. The van der Waals surface area contributed by atoms with Gasteiger partial charge in [0.2, 0.25) is 0 Å². The number of aromatic nitrogens is 4. The van der Waals surface area contributed by atoms with Gasteiger partial charge in [-0.05, 0) is 91.6 Å². The molecule has 2 aromatic heterocycles. The average Bonchev–Trinajstić information content (AvgIpc) is 3.77. The van der Waals surface area contributed by atoms with Gasteiger partial charge in [-0.3, -0.25) is 4.57 Å². The van der Waals surface area contributed by atoms with Gasteiger partial charge in [0.1, 0.15) is 12.1 Å². The molecule has 1 N–H and O–H groups in total. The molecule has 12 heteroatoms. The highest BCUT2D eigenvalue weighted by Gasteiger charge is 2.31. The van der Waals surface area contributed by atoms with Crippen molar-refractivity contribution in [1.82, 2.24) is 24.6 Å². The van der Waals surface area contributed by atoms with Crippen molar-refractivity contribution < 1.29 is 22.7 Å². The molecule has 1 aliphatic rings. The van der Waals surface area contributed by atoms with E-state index in [4.69, 9.17) is 0 Å². The van der Waals surface area contributed by atoms with E-state index in [1.165, 1.54) is 52.2 Å². The van der Waals surface area contributed by atoms with Crippen LogP contribution in [0, 0.1) is 13.8 Å². The Morgan fingerprint density at radius 1 is 1.00 bits per heavy atom. The number of aryl methyl sites for hydroxylation is 2. The minimum atomic E-state index is -4.75. The molecule has 0 fully saturated rings. The number of urea groups is 1. The molecule has 0 spiro atoms. The number of nitrogens with one attached hydrogen (secondary N) is 1. The molecular formula is C35H33F3N6O2S. The molecule has 0 unspecified atom stereocenters. The smallest absolute Gasteiger partial charge is 0.406 e. The molecule has 1 aliphatic carbocycles. The lowest BCUT2D eigenvalue weighted by Crippen LogP contribution is -2.24. The highest BCUT2D eigenvalue weighted by Crippen LogP contribution is 2.33. The van der Waals surface area contributed by atoms with E-state index < -0.39 is 12.4 Å². The standard InChI is InChI=1S/C35H33F3N6O2S/c1-21(2)28-17-8-22(3)18-31(28)44-23(4)19-47-34(44)41-33(45)40-30-7-5-6-29(30)24-9-11-25(12-10-24)32-39-20-43(42-32)26-13-15-27(16-14-26)46-35(36,37)38/h8-21H,5-7H2,1-4H3,(H,40,45). The Bertz CT molecular complexity index is 2020. The van der Waals surface area contributed by atoms with Gasteiger partial charge in [0.25, 0.3) is 0 Å². The van der Waals surface area contributed by atoms with Crippen molar-refractivity contribution in [3.05, 3.63) is 111 Å². The zero-order chi connectivity index (χ0) is 33.3. The number of rotatable bonds is 7. The number of ether oxygens (including phenoxy) is 1. The summed E-state index contributed by atoms with van der Waals surface area (Å²) in [4.78, 5) is 22.8. The third kappa shape index (κ3) is 7.22. The number of nitrogens with zero attached hydrogens (tertiary/aromatic N) is 5. The van der Waals surface area contributed by atoms with Gasteiger partial charge < -0.3 is 10.1 Å². The monoisotopic (exact) mass is 658 g/mol. The number of halogens is 3. The number of carbonyl (C=O) groups excluding carboxylic acids is 1. The highest BCUT2D eigenvalue weighted by molar-refractivity contribution is 7.07. The summed E-state index contributed by atoms with van der Waals surface area (Å²) in [6, 6.07) is 19.2. The lowest BCUT2D eigenvalue weighted by Gasteiger charge is -2.16. The van der Waals surface area contributed by atoms with Crippen LogP contribution >= 0.6 is 11.3 Å². The summed E-state index contributed by atoms with van der Waals surface area (Å²) in [5.74, 6) is 0.467. The summed E-state index contributed by atoms with van der Waals surface area (Å²) < 4.78 is 44.9. The van der Waals surface area contributed by atoms with E-state index >= 15 is 0 Å². The molecule has 2 amide bonds. The molecule has 0 bridgehead atoms. The first-order valence-corrected chi connectivity index (χ1v) is 16.1. The summed E-state index contributed by atoms with van der Waals surface area (Å²) in [6.45, 7) is 8.40. The van der Waals surface area contributed by atoms with Gasteiger partial charge >= 0.3 is 12.4 Å². The fourth-order valence-corrected chi connectivity index (χ4v) is 6.55. The molecule has 47 heavy (non-hydrogen) atoms. The van der Waals surface area contributed by atoms with Crippen molar-refractivity contribution in [3.63, 3.8) is 0 Å². The normalized spacial score (nSPS) is 13.9. The fourth-order valence-electron chi connectivity index (χ4n) is 5.68. The Labute approximate surface area is 273 Å². The van der Waals surface area contributed by atoms with Gasteiger partial charge in [-0.1, -0.05) is 50.2 Å². The van der Waals surface area contributed by atoms with Gasteiger partial charge in [-0.2, -0.15) is 4.99 Å². The third-order valence-corrected chi connectivity index (χ3v) is 8.86. The Morgan fingerprint density at radius 2 is 1.72 bits per heavy atom. The number of amides is 2. The lowest BCUT2D eigenvalue weighted by atomic mass is 9.99. The third-order valence-electron chi connectivity index (χ3n) is 7.92. The Hall–Kier alpha value is -4.97. The summed E-state index contributed by atoms with van der Waals surface area (Å²) in [6.07, 6.45) is -0.757. The molecule has 0 saturated heterocycles. The zero-order valence-electron chi connectivity index (χ0n) is 26.3. The number of thiazole rings is 1. The van der Waals surface area contributed by atoms with Gasteiger partial charge in [0.05, 0.1) is 11.4 Å². The van der Waals surface area contributed by atoms with Crippen LogP contribution in [-0.2, 0) is 0 Å². The minimum absolute atomic E-state index is 0.310. The van der Waals surface area contributed by atoms with E-state index in [9.17, 15) is 18.0 Å². The predicted molar refractivity (Wildman–Crippen MR) is 176 cm³/mol. The molecule has 5 aromatic rings. The second-order valence-corrected chi connectivity index (χ2v) is 12.5. The second-order valence-electron chi connectivity index (χ2n) is 11.7. The van der Waals surface area contributed by atoms with Crippen molar-refractivity contribution >= 4 is 22.9 Å². The van der Waals surface area contributed by atoms with Gasteiger partial charge in [-0.15, -0.1) is 29.6 Å². The summed E-state index contributed by atoms with van der Waals surface area (Å²) in [5.41, 5.74) is 8.63. The molecule has 242 valence electrons. The van der Waals surface area contributed by atoms with E-state index in [1.54, 1.807) is 0 Å². The number of hydrogen-bond acceptors (Lipinski definition) is 5. The van der Waals surface area contributed by atoms with Gasteiger partial charge in [0, 0.05) is 22.3 Å². The molecular weight excluding hydrogens is 625 g/mol. The van der Waals surface area contributed by atoms with Crippen LogP contribution in [0.5, 0.6) is 5.75 Å². The number of benzene rings is 3. The first-order chi connectivity index (χ1) is 22.4. The van der Waals surface area contributed by atoms with Crippen LogP contribution in [0.15, 0.2) is 89.1 Å². The maximum atomic E-state index is 13.3. The summed E-state index contributed by atoms with van der Waals surface area (Å²) >= 11 is 1.44. The molecule has 2 heterocycles. The number of carbonyl (C=O) groups is 1. The molecule has 0 saturated carbocycles. The van der Waals surface area contributed by atoms with E-state index in [0.717, 1.165) is 58.6 Å². The van der Waals surface area contributed by atoms with E-state index in [1.807, 2.05) is 36.6 Å². The van der Waals surface area contributed by atoms with Crippen LogP contribution in [-0.4, -0.2) is 31.7 Å². The van der Waals surface area contributed by atoms with Crippen LogP contribution in [0.3, 0.4) is 0 Å². The molecule has 8 nitrogen and oxygen atoms in total. The summed E-state index contributed by atoms with van der Waals surface area (Å²) in [5, 5.41) is 9.57. The first kappa shape index (κ1) is 32.0. The first-order valence-electron chi connectivity index (χ1n) is 15.2. The number of hydrogen-bond donors (Lipinski definition) is 1. The Kier molecular flexibility index (Phi) is 8.87. The van der Waals surface area contributed by atoms with Gasteiger partial charge in [0.15, 0.2) is 10.6 Å². The van der Waals surface area contributed by atoms with Crippen LogP contribution in [0.1, 0.15) is 61.4 Å². The van der Waals surface area contributed by atoms with Crippen LogP contribution in [0.25, 0.3) is 28.3 Å². The average molecular weight is 659 g/mol. The lowest BCUT2D eigenvalue weighted by molar-refractivity contribution is -0.274. The predicted octanol–water partition coefficient (Wildman–Crippen LogP) is 8.63. The molecule has 0 aliphatic heterocycles. The molecule has 0 radical (unpaired) electrons. The molecule has 0 atom stereocenters. The fraction of sp³-hybridized carbons (Fsp3) is 0.257. The summed E-state index contributed by atoms with van der Waals surface area (Å²) in [7, 11) is 0. The van der Waals surface area contributed by atoms with Crippen molar-refractivity contribution in [2.24, 2.45) is 4.99 Å². The Balaban J connectivity index is 1.20. The zero-order valence-corrected chi connectivity index (χ0v) is 27.1. The van der Waals surface area contributed by atoms with Crippen molar-refractivity contribution in [2.75, 3.05) is 0 Å². The van der Waals surface area contributed by atoms with E-state index in [-0.39, 0.29) is 5.75 Å². The number of allylic oxidation sites excluding steroid dienone is 2. The largest absolute Gasteiger partial charge is 0.573 e. The van der Waals surface area contributed by atoms with Crippen molar-refractivity contribution in [2.45, 2.75) is 59.2 Å². The highest BCUT2D eigenvalue weighted by atomic mass is 32.1. The van der Waals surface area contributed by atoms with Crippen LogP contribution in [0.4, 0.5) is 18.0 Å². The van der Waals surface area contributed by atoms with E-state index in [2.05, 4.69) is 68.7 Å². The topological polar surface area (TPSA) is 86.3 Å². The van der Waals surface area contributed by atoms with E-state index in [0.29, 0.717) is 22.2 Å². The minimum Gasteiger partial charge on any atom is -0.406 e. The number of alkyl halides is 3. The Morgan fingerprint density at radius 3 is 2.43 bits per heavy atom. The maximum absolute atomic E-state index is 13.3. The van der Waals surface area contributed by atoms with Crippen molar-refractivity contribution in [3.8, 4) is 28.5 Å². The van der Waals surface area contributed by atoms with Crippen LogP contribution < -0.4 is 14.9 Å². The van der Waals surface area contributed by atoms with Crippen molar-refractivity contribution in [1.29, 1.82) is 0 Å². The van der Waals surface area contributed by atoms with Gasteiger partial charge in [-0.25, -0.2) is 14.5 Å².